The minimum absolute atomic E-state index is 0.0644. The first kappa shape index (κ1) is 16.3. The Kier molecular flexibility index (Phi) is 4.07. The van der Waals surface area contributed by atoms with Crippen molar-refractivity contribution >= 4 is 17.4 Å². The zero-order valence-corrected chi connectivity index (χ0v) is 15.3. The summed E-state index contributed by atoms with van der Waals surface area (Å²) in [6.07, 6.45) is 4.59. The number of hydrogen-bond acceptors (Lipinski definition) is 5. The van der Waals surface area contributed by atoms with Crippen LogP contribution in [0.1, 0.15) is 45.5 Å². The summed E-state index contributed by atoms with van der Waals surface area (Å²) in [5.41, 5.74) is 2.47. The van der Waals surface area contributed by atoms with Gasteiger partial charge in [0.05, 0.1) is 36.6 Å². The van der Waals surface area contributed by atoms with E-state index in [4.69, 9.17) is 0 Å². The monoisotopic (exact) mass is 359 g/mol. The number of amides is 2. The van der Waals surface area contributed by atoms with Crippen molar-refractivity contribution in [3.63, 3.8) is 0 Å². The van der Waals surface area contributed by atoms with Crippen molar-refractivity contribution in [2.24, 2.45) is 7.05 Å². The first-order valence-corrected chi connectivity index (χ1v) is 9.40. The summed E-state index contributed by atoms with van der Waals surface area (Å²) >= 11 is 1.70. The van der Waals surface area contributed by atoms with Gasteiger partial charge in [0.15, 0.2) is 0 Å². The first-order valence-electron chi connectivity index (χ1n) is 8.58. The number of nitrogens with zero attached hydrogens (tertiary/aromatic N) is 4. The van der Waals surface area contributed by atoms with Crippen molar-refractivity contribution in [1.82, 2.24) is 24.8 Å². The second kappa shape index (κ2) is 6.25. The van der Waals surface area contributed by atoms with Gasteiger partial charge in [-0.3, -0.25) is 9.36 Å². The number of aromatic nitrogens is 3. The van der Waals surface area contributed by atoms with Gasteiger partial charge in [0.1, 0.15) is 10.8 Å². The highest BCUT2D eigenvalue weighted by Gasteiger charge is 2.28. The van der Waals surface area contributed by atoms with Gasteiger partial charge in [0.25, 0.3) is 5.56 Å². The molecule has 8 heteroatoms. The van der Waals surface area contributed by atoms with E-state index in [1.807, 2.05) is 0 Å². The second-order valence-electron chi connectivity index (χ2n) is 6.65. The van der Waals surface area contributed by atoms with Gasteiger partial charge in [-0.25, -0.2) is 14.8 Å². The smallest absolute Gasteiger partial charge is 0.318 e. The fraction of sp³-hybridized carbons (Fsp3) is 0.529. The minimum atomic E-state index is -0.175. The van der Waals surface area contributed by atoms with E-state index in [1.54, 1.807) is 30.2 Å². The molecule has 0 unspecified atom stereocenters. The lowest BCUT2D eigenvalue weighted by Gasteiger charge is -2.15. The molecule has 7 nitrogen and oxygen atoms in total. The summed E-state index contributed by atoms with van der Waals surface area (Å²) in [6, 6.07) is -0.175. The van der Waals surface area contributed by atoms with Crippen LogP contribution in [-0.2, 0) is 39.5 Å². The standard InChI is InChI=1S/C17H21N5O2S/c1-10-19-13-9-22(8-11(13)16(23)21(10)2)17(24)18-7-15-20-12-5-3-4-6-14(12)25-15/h3-9H2,1-2H3,(H,18,24). The fourth-order valence-corrected chi connectivity index (χ4v) is 4.51. The summed E-state index contributed by atoms with van der Waals surface area (Å²) in [5.74, 6) is 0.666. The van der Waals surface area contributed by atoms with Crippen LogP contribution in [0.4, 0.5) is 4.79 Å². The largest absolute Gasteiger partial charge is 0.331 e. The Hall–Kier alpha value is -2.22. The van der Waals surface area contributed by atoms with Crippen molar-refractivity contribution in [1.29, 1.82) is 0 Å². The SMILES string of the molecule is Cc1nc2c(c(=O)n1C)CN(C(=O)NCc1nc3c(s1)CCCC3)C2. The zero-order valence-electron chi connectivity index (χ0n) is 14.5. The van der Waals surface area contributed by atoms with E-state index in [1.165, 1.54) is 28.0 Å². The number of aryl methyl sites for hydroxylation is 3. The van der Waals surface area contributed by atoms with Gasteiger partial charge in [-0.2, -0.15) is 0 Å². The van der Waals surface area contributed by atoms with Crippen LogP contribution in [-0.4, -0.2) is 25.5 Å². The number of urea groups is 1. The van der Waals surface area contributed by atoms with Crippen LogP contribution in [0.25, 0.3) is 0 Å². The van der Waals surface area contributed by atoms with E-state index >= 15 is 0 Å². The number of carbonyl (C=O) groups is 1. The molecular weight excluding hydrogens is 338 g/mol. The molecule has 0 atom stereocenters. The van der Waals surface area contributed by atoms with Crippen molar-refractivity contribution in [3.05, 3.63) is 43.0 Å². The van der Waals surface area contributed by atoms with E-state index in [0.717, 1.165) is 17.8 Å². The molecule has 2 amide bonds. The summed E-state index contributed by atoms with van der Waals surface area (Å²) in [4.78, 5) is 36.8. The lowest BCUT2D eigenvalue weighted by Crippen LogP contribution is -2.36. The molecule has 1 N–H and O–H groups in total. The Bertz CT molecular complexity index is 878. The van der Waals surface area contributed by atoms with Crippen LogP contribution in [0.2, 0.25) is 0 Å². The maximum Gasteiger partial charge on any atom is 0.318 e. The summed E-state index contributed by atoms with van der Waals surface area (Å²) in [7, 11) is 1.71. The molecule has 2 aromatic rings. The molecule has 0 aromatic carbocycles. The van der Waals surface area contributed by atoms with Crippen LogP contribution in [0.3, 0.4) is 0 Å². The summed E-state index contributed by atoms with van der Waals surface area (Å²) in [5, 5.41) is 3.89. The maximum absolute atomic E-state index is 12.5. The number of thiazole rings is 1. The van der Waals surface area contributed by atoms with Gasteiger partial charge in [0.2, 0.25) is 0 Å². The lowest BCUT2D eigenvalue weighted by molar-refractivity contribution is 0.197. The predicted molar refractivity (Wildman–Crippen MR) is 94.5 cm³/mol. The normalized spacial score (nSPS) is 15.8. The van der Waals surface area contributed by atoms with Crippen LogP contribution < -0.4 is 10.9 Å². The fourth-order valence-electron chi connectivity index (χ4n) is 3.42. The van der Waals surface area contributed by atoms with Gasteiger partial charge in [0, 0.05) is 11.9 Å². The van der Waals surface area contributed by atoms with E-state index in [2.05, 4.69) is 15.3 Å². The second-order valence-corrected chi connectivity index (χ2v) is 7.82. The third-order valence-corrected chi connectivity index (χ3v) is 6.11. The molecule has 1 aliphatic carbocycles. The number of rotatable bonds is 2. The lowest BCUT2D eigenvalue weighted by atomic mass is 10.0. The van der Waals surface area contributed by atoms with Crippen LogP contribution >= 0.6 is 11.3 Å². The molecule has 0 bridgehead atoms. The van der Waals surface area contributed by atoms with Crippen LogP contribution in [0.5, 0.6) is 0 Å². The van der Waals surface area contributed by atoms with Gasteiger partial charge >= 0.3 is 6.03 Å². The van der Waals surface area contributed by atoms with Gasteiger partial charge in [-0.15, -0.1) is 11.3 Å². The summed E-state index contributed by atoms with van der Waals surface area (Å²) in [6.45, 7) is 2.93. The van der Waals surface area contributed by atoms with Crippen molar-refractivity contribution < 1.29 is 4.79 Å². The number of hydrogen-bond donors (Lipinski definition) is 1. The van der Waals surface area contributed by atoms with Gasteiger partial charge in [-0.05, 0) is 32.6 Å². The molecule has 25 heavy (non-hydrogen) atoms. The molecule has 0 saturated heterocycles. The molecule has 0 fully saturated rings. The van der Waals surface area contributed by atoms with Gasteiger partial charge < -0.3 is 10.2 Å². The third-order valence-electron chi connectivity index (χ3n) is 4.95. The van der Waals surface area contributed by atoms with Crippen LogP contribution in [0, 0.1) is 6.92 Å². The Morgan fingerprint density at radius 3 is 2.80 bits per heavy atom. The van der Waals surface area contributed by atoms with Crippen molar-refractivity contribution in [3.8, 4) is 0 Å². The highest BCUT2D eigenvalue weighted by atomic mass is 32.1. The molecule has 132 valence electrons. The Labute approximate surface area is 149 Å². The molecule has 0 spiro atoms. The highest BCUT2D eigenvalue weighted by Crippen LogP contribution is 2.26. The molecule has 4 rings (SSSR count). The average molecular weight is 359 g/mol. The van der Waals surface area contributed by atoms with Gasteiger partial charge in [-0.1, -0.05) is 0 Å². The molecule has 2 aromatic heterocycles. The number of fused-ring (bicyclic) bond motifs is 2. The molecule has 2 aliphatic rings. The number of nitrogens with one attached hydrogen (secondary N) is 1. The average Bonchev–Trinajstić information content (AvgIpc) is 3.21. The number of carbonyl (C=O) groups excluding carboxylic acids is 1. The van der Waals surface area contributed by atoms with Crippen molar-refractivity contribution in [2.45, 2.75) is 52.2 Å². The highest BCUT2D eigenvalue weighted by molar-refractivity contribution is 7.11. The maximum atomic E-state index is 12.5. The van der Waals surface area contributed by atoms with Crippen LogP contribution in [0.15, 0.2) is 4.79 Å². The molecule has 0 radical (unpaired) electrons. The zero-order chi connectivity index (χ0) is 17.6. The Morgan fingerprint density at radius 2 is 2.00 bits per heavy atom. The van der Waals surface area contributed by atoms with E-state index < -0.39 is 0 Å². The molecule has 1 aliphatic heterocycles. The quantitative estimate of drug-likeness (QED) is 0.884. The summed E-state index contributed by atoms with van der Waals surface area (Å²) < 4.78 is 1.53. The molecular formula is C17H21N5O2S. The first-order chi connectivity index (χ1) is 12.0. The topological polar surface area (TPSA) is 80.1 Å². The van der Waals surface area contributed by atoms with E-state index in [0.29, 0.717) is 36.7 Å². The Morgan fingerprint density at radius 1 is 1.20 bits per heavy atom. The molecule has 3 heterocycles. The molecule has 0 saturated carbocycles. The third kappa shape index (κ3) is 2.95. The van der Waals surface area contributed by atoms with E-state index in [9.17, 15) is 9.59 Å². The Balaban J connectivity index is 1.42. The predicted octanol–water partition coefficient (Wildman–Crippen LogP) is 1.65. The van der Waals surface area contributed by atoms with Crippen molar-refractivity contribution in [2.75, 3.05) is 0 Å². The van der Waals surface area contributed by atoms with E-state index in [-0.39, 0.29) is 11.6 Å². The minimum Gasteiger partial charge on any atom is -0.331 e.